The number of nitrogens with one attached hydrogen (secondary N) is 4. The Kier molecular flexibility index (Phi) is 14.5. The van der Waals surface area contributed by atoms with Crippen LogP contribution in [0.4, 0.5) is 40.7 Å². The number of hydrogen-bond donors (Lipinski definition) is 4. The second kappa shape index (κ2) is 19.2. The van der Waals surface area contributed by atoms with Crippen LogP contribution in [0.15, 0.2) is 132 Å². The minimum absolute atomic E-state index is 0.0140. The molecule has 0 atom stereocenters. The van der Waals surface area contributed by atoms with Gasteiger partial charge in [0.05, 0.1) is 5.56 Å². The zero-order valence-corrected chi connectivity index (χ0v) is 31.1. The number of halogens is 3. The molecule has 0 heterocycles. The van der Waals surface area contributed by atoms with Crippen molar-refractivity contribution >= 4 is 58.3 Å². The Bertz CT molecular complexity index is 2070. The average molecular weight is 773 g/mol. The lowest BCUT2D eigenvalue weighted by molar-refractivity contribution is -0.167. The summed E-state index contributed by atoms with van der Waals surface area (Å²) in [6.07, 6.45) is -3.63. The van der Waals surface area contributed by atoms with Crippen molar-refractivity contribution in [3.63, 3.8) is 0 Å². The van der Waals surface area contributed by atoms with E-state index in [0.717, 1.165) is 10.5 Å². The van der Waals surface area contributed by atoms with Gasteiger partial charge >= 0.3 is 18.2 Å². The van der Waals surface area contributed by atoms with Gasteiger partial charge in [-0.2, -0.15) is 13.2 Å². The van der Waals surface area contributed by atoms with E-state index >= 15 is 0 Å². The summed E-state index contributed by atoms with van der Waals surface area (Å²) < 4.78 is 47.5. The highest BCUT2D eigenvalue weighted by atomic mass is 32.2. The SMILES string of the molecule is CC(C)(C)OC(=O)Nc1ccc(NC(=O)c2cccc(OCc3ccccc3)c2)cc1.CSc1ccccc1C(=O)Nc1ccc(NC(=O)C(F)(F)F)cc1. The molecule has 14 heteroatoms. The fourth-order valence-electron chi connectivity index (χ4n) is 4.60. The van der Waals surface area contributed by atoms with Gasteiger partial charge < -0.3 is 25.4 Å². The molecule has 10 nitrogen and oxygen atoms in total. The number of anilines is 4. The van der Waals surface area contributed by atoms with Crippen molar-refractivity contribution in [1.82, 2.24) is 0 Å². The quantitative estimate of drug-likeness (QED) is 0.104. The van der Waals surface area contributed by atoms with Crippen LogP contribution in [0.25, 0.3) is 0 Å². The minimum Gasteiger partial charge on any atom is -0.489 e. The first-order chi connectivity index (χ1) is 26.1. The number of ether oxygens (including phenoxy) is 2. The molecule has 0 bridgehead atoms. The Morgan fingerprint density at radius 1 is 0.618 bits per heavy atom. The maximum Gasteiger partial charge on any atom is 0.471 e. The predicted molar refractivity (Wildman–Crippen MR) is 209 cm³/mol. The maximum absolute atomic E-state index is 12.6. The lowest BCUT2D eigenvalue weighted by Crippen LogP contribution is -2.29. The average Bonchev–Trinajstić information content (AvgIpc) is 3.15. The van der Waals surface area contributed by atoms with Crippen molar-refractivity contribution in [2.24, 2.45) is 0 Å². The first-order valence-electron chi connectivity index (χ1n) is 16.7. The Morgan fingerprint density at radius 3 is 1.71 bits per heavy atom. The van der Waals surface area contributed by atoms with Crippen LogP contribution in [-0.4, -0.2) is 41.8 Å². The second-order valence-corrected chi connectivity index (χ2v) is 13.5. The molecule has 286 valence electrons. The molecule has 55 heavy (non-hydrogen) atoms. The van der Waals surface area contributed by atoms with Gasteiger partial charge in [0.15, 0.2) is 0 Å². The number of carbonyl (C=O) groups is 4. The summed E-state index contributed by atoms with van der Waals surface area (Å²) in [6, 6.07) is 36.1. The summed E-state index contributed by atoms with van der Waals surface area (Å²) in [5.41, 5.74) is 3.04. The summed E-state index contributed by atoms with van der Waals surface area (Å²) >= 11 is 1.43. The van der Waals surface area contributed by atoms with E-state index in [2.05, 4.69) is 16.0 Å². The number of hydrogen-bond acceptors (Lipinski definition) is 7. The van der Waals surface area contributed by atoms with Gasteiger partial charge in [-0.25, -0.2) is 4.79 Å². The molecule has 0 aromatic heterocycles. The van der Waals surface area contributed by atoms with Gasteiger partial charge in [0.2, 0.25) is 0 Å². The molecule has 0 radical (unpaired) electrons. The second-order valence-electron chi connectivity index (χ2n) is 12.6. The highest BCUT2D eigenvalue weighted by Crippen LogP contribution is 2.23. The third-order valence-corrected chi connectivity index (χ3v) is 7.94. The van der Waals surface area contributed by atoms with Gasteiger partial charge in [-0.3, -0.25) is 19.7 Å². The normalized spacial score (nSPS) is 10.9. The molecule has 0 aliphatic rings. The standard InChI is InChI=1S/C25H26N2O4.C16H13F3N2O2S/c1-25(2,3)31-24(29)27-21-14-12-20(13-15-21)26-23(28)19-10-7-11-22(16-19)30-17-18-8-5-4-6-9-18;1-24-13-5-3-2-4-12(13)14(22)20-10-6-8-11(9-7-10)21-15(23)16(17,18)19/h4-16H,17H2,1-3H3,(H,26,28)(H,27,29);2-9H,1H3,(H,20,22)(H,21,23). The van der Waals surface area contributed by atoms with Gasteiger partial charge in [-0.05, 0) is 111 Å². The van der Waals surface area contributed by atoms with Crippen LogP contribution in [0, 0.1) is 0 Å². The molecule has 4 amide bonds. The fraction of sp³-hybridized carbons (Fsp3) is 0.171. The fourth-order valence-corrected chi connectivity index (χ4v) is 5.19. The minimum atomic E-state index is -4.95. The molecule has 0 aliphatic heterocycles. The number of thioether (sulfide) groups is 1. The molecule has 0 saturated carbocycles. The van der Waals surface area contributed by atoms with E-state index in [0.29, 0.717) is 40.5 Å². The molecular formula is C41H39F3N4O6S. The highest BCUT2D eigenvalue weighted by Gasteiger charge is 2.38. The molecule has 0 spiro atoms. The van der Waals surface area contributed by atoms with Crippen molar-refractivity contribution in [2.45, 2.75) is 44.1 Å². The molecule has 0 saturated heterocycles. The molecule has 0 fully saturated rings. The number of amides is 4. The number of benzene rings is 5. The van der Waals surface area contributed by atoms with Crippen LogP contribution in [0.1, 0.15) is 47.1 Å². The third kappa shape index (κ3) is 13.9. The van der Waals surface area contributed by atoms with E-state index in [1.54, 1.807) is 80.7 Å². The third-order valence-electron chi connectivity index (χ3n) is 7.14. The largest absolute Gasteiger partial charge is 0.489 e. The zero-order chi connectivity index (χ0) is 40.0. The van der Waals surface area contributed by atoms with Gasteiger partial charge in [0.25, 0.3) is 11.8 Å². The van der Waals surface area contributed by atoms with E-state index < -0.39 is 23.8 Å². The van der Waals surface area contributed by atoms with Crippen molar-refractivity contribution < 1.29 is 41.8 Å². The molecule has 5 rings (SSSR count). The molecular weight excluding hydrogens is 734 g/mol. The first-order valence-corrected chi connectivity index (χ1v) is 17.9. The molecule has 5 aromatic rings. The lowest BCUT2D eigenvalue weighted by atomic mass is 10.2. The van der Waals surface area contributed by atoms with Gasteiger partial charge in [0, 0.05) is 33.2 Å². The highest BCUT2D eigenvalue weighted by molar-refractivity contribution is 7.98. The van der Waals surface area contributed by atoms with E-state index in [1.165, 1.54) is 36.0 Å². The van der Waals surface area contributed by atoms with Gasteiger partial charge in [0.1, 0.15) is 18.0 Å². The van der Waals surface area contributed by atoms with Crippen molar-refractivity contribution in [3.8, 4) is 5.75 Å². The summed E-state index contributed by atoms with van der Waals surface area (Å²) in [7, 11) is 0. The zero-order valence-electron chi connectivity index (χ0n) is 30.3. The van der Waals surface area contributed by atoms with Gasteiger partial charge in [-0.15, -0.1) is 11.8 Å². The van der Waals surface area contributed by atoms with Crippen molar-refractivity contribution in [2.75, 3.05) is 27.5 Å². The van der Waals surface area contributed by atoms with E-state index in [1.807, 2.05) is 54.8 Å². The predicted octanol–water partition coefficient (Wildman–Crippen LogP) is 10.0. The molecule has 0 aliphatic carbocycles. The van der Waals surface area contributed by atoms with Crippen LogP contribution < -0.4 is 26.0 Å². The Labute approximate surface area is 320 Å². The van der Waals surface area contributed by atoms with Crippen LogP contribution in [0.2, 0.25) is 0 Å². The summed E-state index contributed by atoms with van der Waals surface area (Å²) in [5.74, 6) is -2.01. The monoisotopic (exact) mass is 772 g/mol. The molecule has 5 aromatic carbocycles. The summed E-state index contributed by atoms with van der Waals surface area (Å²) in [4.78, 5) is 48.3. The Balaban J connectivity index is 0.000000253. The number of rotatable bonds is 10. The Hall–Kier alpha value is -6.28. The lowest BCUT2D eigenvalue weighted by Gasteiger charge is -2.19. The topological polar surface area (TPSA) is 135 Å². The van der Waals surface area contributed by atoms with Crippen LogP contribution >= 0.6 is 11.8 Å². The number of alkyl halides is 3. The first kappa shape index (κ1) is 41.5. The summed E-state index contributed by atoms with van der Waals surface area (Å²) in [5, 5.41) is 9.88. The van der Waals surface area contributed by atoms with Crippen LogP contribution in [0.5, 0.6) is 5.75 Å². The number of carbonyl (C=O) groups excluding carboxylic acids is 4. The van der Waals surface area contributed by atoms with Crippen molar-refractivity contribution in [1.29, 1.82) is 0 Å². The van der Waals surface area contributed by atoms with Gasteiger partial charge in [-0.1, -0.05) is 48.5 Å². The van der Waals surface area contributed by atoms with Crippen LogP contribution in [0.3, 0.4) is 0 Å². The van der Waals surface area contributed by atoms with Crippen molar-refractivity contribution in [3.05, 3.63) is 144 Å². The van der Waals surface area contributed by atoms with E-state index in [4.69, 9.17) is 9.47 Å². The van der Waals surface area contributed by atoms with E-state index in [-0.39, 0.29) is 17.5 Å². The molecule has 4 N–H and O–H groups in total. The van der Waals surface area contributed by atoms with E-state index in [9.17, 15) is 32.3 Å². The summed E-state index contributed by atoms with van der Waals surface area (Å²) in [6.45, 7) is 5.82. The van der Waals surface area contributed by atoms with Crippen LogP contribution in [-0.2, 0) is 16.1 Å². The maximum atomic E-state index is 12.6. The smallest absolute Gasteiger partial charge is 0.471 e. The molecule has 0 unspecified atom stereocenters. The Morgan fingerprint density at radius 2 is 1.15 bits per heavy atom.